The number of rotatable bonds is 4. The van der Waals surface area contributed by atoms with Gasteiger partial charge < -0.3 is 9.15 Å². The Hall–Kier alpha value is -2.52. The summed E-state index contributed by atoms with van der Waals surface area (Å²) in [6.45, 7) is 0. The molecule has 0 aliphatic carbocycles. The van der Waals surface area contributed by atoms with E-state index in [1.807, 2.05) is 54.6 Å². The maximum atomic E-state index is 5.89. The van der Waals surface area contributed by atoms with Crippen molar-refractivity contribution in [3.8, 4) is 17.4 Å². The van der Waals surface area contributed by atoms with E-state index >= 15 is 0 Å². The molecule has 0 unspecified atom stereocenters. The first-order valence-electron chi connectivity index (χ1n) is 6.80. The third kappa shape index (κ3) is 3.21. The molecule has 3 nitrogen and oxygen atoms in total. The van der Waals surface area contributed by atoms with Gasteiger partial charge in [-0.3, -0.25) is 0 Å². The predicted molar refractivity (Wildman–Crippen MR) is 88.9 cm³/mol. The minimum atomic E-state index is 0.386. The van der Waals surface area contributed by atoms with Crippen LogP contribution in [0.25, 0.3) is 23.6 Å². The van der Waals surface area contributed by atoms with Gasteiger partial charge in [0.25, 0.3) is 0 Å². The van der Waals surface area contributed by atoms with Gasteiger partial charge in [0.1, 0.15) is 5.69 Å². The summed E-state index contributed by atoms with van der Waals surface area (Å²) in [7, 11) is 1.56. The summed E-state index contributed by atoms with van der Waals surface area (Å²) in [5.41, 5.74) is 2.58. The van der Waals surface area contributed by atoms with Gasteiger partial charge in [0.15, 0.2) is 0 Å². The number of methoxy groups -OCH3 is 1. The molecule has 1 heterocycles. The van der Waals surface area contributed by atoms with Crippen molar-refractivity contribution >= 4 is 23.8 Å². The van der Waals surface area contributed by atoms with Gasteiger partial charge in [-0.1, -0.05) is 48.0 Å². The van der Waals surface area contributed by atoms with Crippen molar-refractivity contribution in [3.63, 3.8) is 0 Å². The Morgan fingerprint density at radius 2 is 1.73 bits per heavy atom. The number of hydrogen-bond donors (Lipinski definition) is 0. The second kappa shape index (κ2) is 6.50. The molecule has 22 heavy (non-hydrogen) atoms. The first-order chi connectivity index (χ1) is 10.8. The van der Waals surface area contributed by atoms with E-state index < -0.39 is 0 Å². The highest BCUT2D eigenvalue weighted by atomic mass is 35.5. The molecule has 2 aromatic carbocycles. The van der Waals surface area contributed by atoms with Crippen LogP contribution in [0.5, 0.6) is 5.95 Å². The second-order valence-corrected chi connectivity index (χ2v) is 5.08. The highest BCUT2D eigenvalue weighted by molar-refractivity contribution is 6.30. The number of nitrogens with zero attached hydrogens (tertiary/aromatic N) is 1. The van der Waals surface area contributed by atoms with Crippen molar-refractivity contribution in [2.75, 3.05) is 7.11 Å². The summed E-state index contributed by atoms with van der Waals surface area (Å²) in [5.74, 6) is 0.887. The van der Waals surface area contributed by atoms with Gasteiger partial charge in [0.05, 0.1) is 7.11 Å². The van der Waals surface area contributed by atoms with Crippen LogP contribution in [-0.2, 0) is 0 Å². The van der Waals surface area contributed by atoms with E-state index in [9.17, 15) is 0 Å². The Kier molecular flexibility index (Phi) is 4.26. The molecule has 0 amide bonds. The summed E-state index contributed by atoms with van der Waals surface area (Å²) >= 11 is 5.89. The van der Waals surface area contributed by atoms with Crippen molar-refractivity contribution in [1.82, 2.24) is 4.98 Å². The monoisotopic (exact) mass is 311 g/mol. The quantitative estimate of drug-likeness (QED) is 0.666. The summed E-state index contributed by atoms with van der Waals surface area (Å²) in [6, 6.07) is 17.3. The average Bonchev–Trinajstić information content (AvgIpc) is 2.98. The molecule has 0 bridgehead atoms. The third-order valence-corrected chi connectivity index (χ3v) is 3.38. The van der Waals surface area contributed by atoms with Crippen LogP contribution < -0.4 is 4.74 Å². The molecule has 0 N–H and O–H groups in total. The fraction of sp³-hybridized carbons (Fsp3) is 0.0556. The molecule has 0 saturated heterocycles. The number of benzene rings is 2. The zero-order chi connectivity index (χ0) is 15.4. The van der Waals surface area contributed by atoms with Gasteiger partial charge in [-0.15, -0.1) is 0 Å². The zero-order valence-corrected chi connectivity index (χ0v) is 12.7. The number of oxazole rings is 1. The molecule has 3 aromatic rings. The normalized spacial score (nSPS) is 11.0. The lowest BCUT2D eigenvalue weighted by Crippen LogP contribution is -1.82. The Bertz CT molecular complexity index is 777. The molecule has 0 aliphatic heterocycles. The van der Waals surface area contributed by atoms with Crippen molar-refractivity contribution in [3.05, 3.63) is 70.9 Å². The lowest BCUT2D eigenvalue weighted by molar-refractivity contribution is 0.308. The highest BCUT2D eigenvalue weighted by Crippen LogP contribution is 2.29. The molecule has 1 aromatic heterocycles. The smallest absolute Gasteiger partial charge is 0.312 e. The molecular formula is C18H14ClNO2. The molecule has 4 heteroatoms. The number of aromatic nitrogens is 1. The molecule has 0 spiro atoms. The lowest BCUT2D eigenvalue weighted by atomic mass is 10.2. The fourth-order valence-corrected chi connectivity index (χ4v) is 2.15. The first kappa shape index (κ1) is 14.4. The SMILES string of the molecule is COc1oc(-c2ccc(Cl)cc2)nc1/C=C/c1ccccc1. The van der Waals surface area contributed by atoms with Gasteiger partial charge in [-0.2, -0.15) is 0 Å². The Morgan fingerprint density at radius 3 is 2.41 bits per heavy atom. The summed E-state index contributed by atoms with van der Waals surface area (Å²) in [4.78, 5) is 4.47. The standard InChI is InChI=1S/C18H14ClNO2/c1-21-18-16(12-7-13-5-3-2-4-6-13)20-17(22-18)14-8-10-15(19)11-9-14/h2-12H,1H3/b12-7+. The molecule has 0 saturated carbocycles. The molecule has 110 valence electrons. The van der Waals surface area contributed by atoms with E-state index in [0.717, 1.165) is 11.1 Å². The van der Waals surface area contributed by atoms with Crippen LogP contribution in [0.2, 0.25) is 5.02 Å². The summed E-state index contributed by atoms with van der Waals surface area (Å²) in [5, 5.41) is 0.673. The maximum absolute atomic E-state index is 5.89. The molecular weight excluding hydrogens is 298 g/mol. The molecule has 0 atom stereocenters. The van der Waals surface area contributed by atoms with Crippen molar-refractivity contribution < 1.29 is 9.15 Å². The Morgan fingerprint density at radius 1 is 1.00 bits per heavy atom. The van der Waals surface area contributed by atoms with E-state index in [1.54, 1.807) is 19.2 Å². The number of halogens is 1. The topological polar surface area (TPSA) is 35.3 Å². The van der Waals surface area contributed by atoms with Gasteiger partial charge in [0, 0.05) is 10.6 Å². The average molecular weight is 312 g/mol. The van der Waals surface area contributed by atoms with Crippen LogP contribution >= 0.6 is 11.6 Å². The zero-order valence-electron chi connectivity index (χ0n) is 12.0. The van der Waals surface area contributed by atoms with E-state index in [0.29, 0.717) is 22.6 Å². The van der Waals surface area contributed by atoms with Crippen LogP contribution in [-0.4, -0.2) is 12.1 Å². The van der Waals surface area contributed by atoms with Crippen LogP contribution in [0.15, 0.2) is 59.0 Å². The number of ether oxygens (including phenoxy) is 1. The minimum absolute atomic E-state index is 0.386. The molecule has 0 radical (unpaired) electrons. The highest BCUT2D eigenvalue weighted by Gasteiger charge is 2.13. The van der Waals surface area contributed by atoms with Gasteiger partial charge in [0.2, 0.25) is 5.89 Å². The molecule has 3 rings (SSSR count). The van der Waals surface area contributed by atoms with Crippen molar-refractivity contribution in [2.45, 2.75) is 0 Å². The van der Waals surface area contributed by atoms with Crippen molar-refractivity contribution in [1.29, 1.82) is 0 Å². The summed E-state index contributed by atoms with van der Waals surface area (Å²) < 4.78 is 10.9. The lowest BCUT2D eigenvalue weighted by Gasteiger charge is -1.95. The Labute approximate surface area is 133 Å². The number of hydrogen-bond acceptors (Lipinski definition) is 3. The molecule has 0 fully saturated rings. The second-order valence-electron chi connectivity index (χ2n) is 4.65. The van der Waals surface area contributed by atoms with E-state index in [1.165, 1.54) is 0 Å². The van der Waals surface area contributed by atoms with Crippen LogP contribution in [0.1, 0.15) is 11.3 Å². The third-order valence-electron chi connectivity index (χ3n) is 3.13. The van der Waals surface area contributed by atoms with E-state index in [2.05, 4.69) is 4.98 Å². The van der Waals surface area contributed by atoms with Crippen LogP contribution in [0.4, 0.5) is 0 Å². The maximum Gasteiger partial charge on any atom is 0.312 e. The van der Waals surface area contributed by atoms with Crippen LogP contribution in [0.3, 0.4) is 0 Å². The Balaban J connectivity index is 1.92. The molecule has 0 aliphatic rings. The van der Waals surface area contributed by atoms with Gasteiger partial charge >= 0.3 is 5.95 Å². The summed E-state index contributed by atoms with van der Waals surface area (Å²) in [6.07, 6.45) is 3.84. The van der Waals surface area contributed by atoms with E-state index in [-0.39, 0.29) is 0 Å². The minimum Gasteiger partial charge on any atom is -0.467 e. The van der Waals surface area contributed by atoms with Gasteiger partial charge in [-0.05, 0) is 35.9 Å². The van der Waals surface area contributed by atoms with Gasteiger partial charge in [-0.25, -0.2) is 4.98 Å². The van der Waals surface area contributed by atoms with Crippen LogP contribution in [0, 0.1) is 0 Å². The first-order valence-corrected chi connectivity index (χ1v) is 7.18. The van der Waals surface area contributed by atoms with E-state index in [4.69, 9.17) is 20.8 Å². The largest absolute Gasteiger partial charge is 0.467 e. The fourth-order valence-electron chi connectivity index (χ4n) is 2.02. The predicted octanol–water partition coefficient (Wildman–Crippen LogP) is 5.17. The van der Waals surface area contributed by atoms with Crippen molar-refractivity contribution in [2.24, 2.45) is 0 Å².